The summed E-state index contributed by atoms with van der Waals surface area (Å²) in [4.78, 5) is 18.1. The number of nitrogens with one attached hydrogen (secondary N) is 1. The van der Waals surface area contributed by atoms with E-state index in [1.165, 1.54) is 4.88 Å². The first-order valence-corrected chi connectivity index (χ1v) is 9.41. The number of thiazole rings is 1. The minimum atomic E-state index is -0.107. The summed E-state index contributed by atoms with van der Waals surface area (Å²) >= 11 is 7.58. The highest BCUT2D eigenvalue weighted by Crippen LogP contribution is 2.29. The van der Waals surface area contributed by atoms with Crippen LogP contribution in [0.15, 0.2) is 48.5 Å². The average molecular weight is 387 g/mol. The van der Waals surface area contributed by atoms with Crippen molar-refractivity contribution in [1.29, 1.82) is 0 Å². The number of aromatic nitrogens is 1. The van der Waals surface area contributed by atoms with Crippen molar-refractivity contribution in [3.8, 4) is 16.3 Å². The summed E-state index contributed by atoms with van der Waals surface area (Å²) in [5, 5.41) is 4.63. The second-order valence-corrected chi connectivity index (χ2v) is 7.29. The number of ether oxygens (including phenoxy) is 1. The monoisotopic (exact) mass is 386 g/mol. The molecule has 0 aliphatic heterocycles. The average Bonchev–Trinajstić information content (AvgIpc) is 3.03. The maximum atomic E-state index is 12.3. The van der Waals surface area contributed by atoms with Gasteiger partial charge in [-0.25, -0.2) is 4.98 Å². The highest BCUT2D eigenvalue weighted by atomic mass is 35.5. The van der Waals surface area contributed by atoms with Crippen LogP contribution in [0.4, 0.5) is 0 Å². The standard InChI is InChI=1S/C20H19ClN2O2S/c1-13-18(26-20(23-13)14-6-8-16(21)9-7-14)10-11-22-19(24)15-4-3-5-17(12-15)25-2/h3-9,12H,10-11H2,1-2H3,(H,22,24). The summed E-state index contributed by atoms with van der Waals surface area (Å²) in [6.07, 6.45) is 0.743. The lowest BCUT2D eigenvalue weighted by molar-refractivity contribution is 0.0954. The molecule has 0 atom stereocenters. The number of carbonyl (C=O) groups is 1. The fourth-order valence-electron chi connectivity index (χ4n) is 2.53. The van der Waals surface area contributed by atoms with Crippen LogP contribution >= 0.6 is 22.9 Å². The van der Waals surface area contributed by atoms with E-state index in [1.807, 2.05) is 37.3 Å². The first-order valence-electron chi connectivity index (χ1n) is 8.21. The Morgan fingerprint density at radius 1 is 1.23 bits per heavy atom. The molecule has 1 aromatic heterocycles. The Morgan fingerprint density at radius 2 is 2.00 bits per heavy atom. The third-order valence-corrected chi connectivity index (χ3v) is 5.47. The molecule has 0 fully saturated rings. The molecule has 0 aliphatic rings. The Balaban J connectivity index is 1.61. The lowest BCUT2D eigenvalue weighted by atomic mass is 10.2. The predicted octanol–water partition coefficient (Wildman–Crippen LogP) is 4.75. The number of nitrogens with zero attached hydrogens (tertiary/aromatic N) is 1. The van der Waals surface area contributed by atoms with Gasteiger partial charge in [0.15, 0.2) is 0 Å². The molecule has 4 nitrogen and oxygen atoms in total. The summed E-state index contributed by atoms with van der Waals surface area (Å²) in [5.41, 5.74) is 2.64. The number of benzene rings is 2. The SMILES string of the molecule is COc1cccc(C(=O)NCCc2sc(-c3ccc(Cl)cc3)nc2C)c1. The Kier molecular flexibility index (Phi) is 5.91. The first kappa shape index (κ1) is 18.4. The number of amides is 1. The fourth-order valence-corrected chi connectivity index (χ4v) is 3.73. The molecular weight excluding hydrogens is 368 g/mol. The number of rotatable bonds is 6. The number of aryl methyl sites for hydroxylation is 1. The molecule has 3 rings (SSSR count). The number of methoxy groups -OCH3 is 1. The molecule has 0 bridgehead atoms. The Hall–Kier alpha value is -2.37. The number of halogens is 1. The van der Waals surface area contributed by atoms with Crippen LogP contribution < -0.4 is 10.1 Å². The van der Waals surface area contributed by atoms with Gasteiger partial charge in [0.1, 0.15) is 10.8 Å². The molecule has 1 heterocycles. The van der Waals surface area contributed by atoms with Crippen molar-refractivity contribution in [2.45, 2.75) is 13.3 Å². The highest BCUT2D eigenvalue weighted by molar-refractivity contribution is 7.15. The van der Waals surface area contributed by atoms with E-state index >= 15 is 0 Å². The van der Waals surface area contributed by atoms with Crippen molar-refractivity contribution in [3.05, 3.63) is 69.7 Å². The molecule has 2 aromatic carbocycles. The van der Waals surface area contributed by atoms with E-state index in [1.54, 1.807) is 36.6 Å². The molecule has 26 heavy (non-hydrogen) atoms. The molecule has 0 saturated heterocycles. The molecule has 0 saturated carbocycles. The summed E-state index contributed by atoms with van der Waals surface area (Å²) in [5.74, 6) is 0.563. The van der Waals surface area contributed by atoms with Gasteiger partial charge in [-0.15, -0.1) is 11.3 Å². The summed E-state index contributed by atoms with van der Waals surface area (Å²) in [7, 11) is 1.59. The minimum absolute atomic E-state index is 0.107. The number of carbonyl (C=O) groups excluding carboxylic acids is 1. The van der Waals surface area contributed by atoms with Gasteiger partial charge in [-0.1, -0.05) is 29.8 Å². The largest absolute Gasteiger partial charge is 0.497 e. The van der Waals surface area contributed by atoms with E-state index in [-0.39, 0.29) is 5.91 Å². The van der Waals surface area contributed by atoms with E-state index in [4.69, 9.17) is 16.3 Å². The van der Waals surface area contributed by atoms with Gasteiger partial charge in [-0.2, -0.15) is 0 Å². The third kappa shape index (κ3) is 4.42. The number of hydrogen-bond acceptors (Lipinski definition) is 4. The van der Waals surface area contributed by atoms with Gasteiger partial charge in [0.2, 0.25) is 0 Å². The van der Waals surface area contributed by atoms with Gasteiger partial charge in [-0.05, 0) is 37.3 Å². The van der Waals surface area contributed by atoms with Crippen molar-refractivity contribution in [1.82, 2.24) is 10.3 Å². The summed E-state index contributed by atoms with van der Waals surface area (Å²) in [6.45, 7) is 2.55. The van der Waals surface area contributed by atoms with Crippen molar-refractivity contribution in [2.24, 2.45) is 0 Å². The zero-order chi connectivity index (χ0) is 18.5. The zero-order valence-electron chi connectivity index (χ0n) is 14.6. The van der Waals surface area contributed by atoms with Crippen LogP contribution in [-0.4, -0.2) is 24.5 Å². The van der Waals surface area contributed by atoms with Crippen LogP contribution in [-0.2, 0) is 6.42 Å². The second kappa shape index (κ2) is 8.34. The predicted molar refractivity (Wildman–Crippen MR) is 106 cm³/mol. The number of hydrogen-bond donors (Lipinski definition) is 1. The molecule has 1 amide bonds. The van der Waals surface area contributed by atoms with Gasteiger partial charge in [0.05, 0.1) is 12.8 Å². The molecule has 0 unspecified atom stereocenters. The van der Waals surface area contributed by atoms with Gasteiger partial charge in [0, 0.05) is 34.0 Å². The minimum Gasteiger partial charge on any atom is -0.497 e. The van der Waals surface area contributed by atoms with E-state index in [9.17, 15) is 4.79 Å². The van der Waals surface area contributed by atoms with Crippen LogP contribution in [0, 0.1) is 6.92 Å². The second-order valence-electron chi connectivity index (χ2n) is 5.77. The van der Waals surface area contributed by atoms with E-state index in [0.29, 0.717) is 22.9 Å². The van der Waals surface area contributed by atoms with Crippen molar-refractivity contribution >= 4 is 28.8 Å². The lowest BCUT2D eigenvalue weighted by Gasteiger charge is -2.06. The van der Waals surface area contributed by atoms with Crippen LogP contribution in [0.1, 0.15) is 20.9 Å². The van der Waals surface area contributed by atoms with Gasteiger partial charge >= 0.3 is 0 Å². The normalized spacial score (nSPS) is 10.6. The lowest BCUT2D eigenvalue weighted by Crippen LogP contribution is -2.25. The highest BCUT2D eigenvalue weighted by Gasteiger charge is 2.11. The van der Waals surface area contributed by atoms with Crippen LogP contribution in [0.2, 0.25) is 5.02 Å². The third-order valence-electron chi connectivity index (χ3n) is 3.95. The van der Waals surface area contributed by atoms with Crippen LogP contribution in [0.5, 0.6) is 5.75 Å². The van der Waals surface area contributed by atoms with E-state index in [0.717, 1.165) is 22.7 Å². The molecule has 0 spiro atoms. The van der Waals surface area contributed by atoms with Crippen molar-refractivity contribution in [2.75, 3.05) is 13.7 Å². The molecule has 6 heteroatoms. The van der Waals surface area contributed by atoms with Crippen LogP contribution in [0.25, 0.3) is 10.6 Å². The molecule has 0 radical (unpaired) electrons. The van der Waals surface area contributed by atoms with Crippen LogP contribution in [0.3, 0.4) is 0 Å². The summed E-state index contributed by atoms with van der Waals surface area (Å²) < 4.78 is 5.15. The van der Waals surface area contributed by atoms with Crippen molar-refractivity contribution in [3.63, 3.8) is 0 Å². The quantitative estimate of drug-likeness (QED) is 0.664. The van der Waals surface area contributed by atoms with E-state index < -0.39 is 0 Å². The Labute approximate surface area is 161 Å². The smallest absolute Gasteiger partial charge is 0.251 e. The van der Waals surface area contributed by atoms with E-state index in [2.05, 4.69) is 10.3 Å². The summed E-state index contributed by atoms with van der Waals surface area (Å²) in [6, 6.07) is 14.8. The first-order chi connectivity index (χ1) is 12.6. The zero-order valence-corrected chi connectivity index (χ0v) is 16.2. The fraction of sp³-hybridized carbons (Fsp3) is 0.200. The van der Waals surface area contributed by atoms with Crippen molar-refractivity contribution < 1.29 is 9.53 Å². The van der Waals surface area contributed by atoms with Gasteiger partial charge < -0.3 is 10.1 Å². The Bertz CT molecular complexity index is 906. The maximum absolute atomic E-state index is 12.3. The Morgan fingerprint density at radius 3 is 2.73 bits per heavy atom. The molecular formula is C20H19ClN2O2S. The van der Waals surface area contributed by atoms with Gasteiger partial charge in [0.25, 0.3) is 5.91 Å². The topological polar surface area (TPSA) is 51.2 Å². The maximum Gasteiger partial charge on any atom is 0.251 e. The molecule has 0 aliphatic carbocycles. The molecule has 3 aromatic rings. The molecule has 1 N–H and O–H groups in total. The van der Waals surface area contributed by atoms with Gasteiger partial charge in [-0.3, -0.25) is 4.79 Å². The molecule has 134 valence electrons.